The van der Waals surface area contributed by atoms with Gasteiger partial charge < -0.3 is 28.8 Å². The van der Waals surface area contributed by atoms with Crippen molar-refractivity contribution in [3.8, 4) is 11.5 Å². The Morgan fingerprint density at radius 2 is 1.62 bits per heavy atom. The quantitative estimate of drug-likeness (QED) is 0.325. The minimum absolute atomic E-state index is 0.0315. The van der Waals surface area contributed by atoms with Crippen LogP contribution in [0.1, 0.15) is 48.5 Å². The Bertz CT molecular complexity index is 516. The Morgan fingerprint density at radius 3 is 2.08 bits per heavy atom. The van der Waals surface area contributed by atoms with Crippen LogP contribution in [0.15, 0.2) is 12.1 Å². The van der Waals surface area contributed by atoms with E-state index < -0.39 is 12.1 Å². The average molecular weight is 370 g/mol. The Morgan fingerprint density at radius 1 is 1.04 bits per heavy atom. The Balaban J connectivity index is 3.11. The Hall–Kier alpha value is -1.83. The fraction of sp³-hybridized carbons (Fsp3) is 0.632. The van der Waals surface area contributed by atoms with Gasteiger partial charge in [0.15, 0.2) is 13.6 Å². The zero-order valence-corrected chi connectivity index (χ0v) is 16.1. The summed E-state index contributed by atoms with van der Waals surface area (Å²) < 4.78 is 25.7. The standard InChI is InChI=1S/C19H30O7/c1-5-6-7-8-15(20)9-14-10-16(25-12-22-2)18(19(21)24-4)17(11-14)26-13-23-3/h10-11,15,20H,5-9,12-13H2,1-4H3. The van der Waals surface area contributed by atoms with Crippen molar-refractivity contribution in [2.24, 2.45) is 0 Å². The monoisotopic (exact) mass is 370 g/mol. The lowest BCUT2D eigenvalue weighted by atomic mass is 10.0. The van der Waals surface area contributed by atoms with Gasteiger partial charge in [-0.2, -0.15) is 0 Å². The lowest BCUT2D eigenvalue weighted by Crippen LogP contribution is -2.14. The topological polar surface area (TPSA) is 83.5 Å². The lowest BCUT2D eigenvalue weighted by molar-refractivity contribution is 0.0397. The van der Waals surface area contributed by atoms with Crippen molar-refractivity contribution < 1.29 is 33.6 Å². The number of benzene rings is 1. The van der Waals surface area contributed by atoms with Crippen molar-refractivity contribution in [2.75, 3.05) is 34.9 Å². The second-order valence-corrected chi connectivity index (χ2v) is 5.91. The molecule has 1 aromatic rings. The van der Waals surface area contributed by atoms with Crippen molar-refractivity contribution in [1.82, 2.24) is 0 Å². The van der Waals surface area contributed by atoms with E-state index in [1.54, 1.807) is 12.1 Å². The van der Waals surface area contributed by atoms with Crippen LogP contribution in [-0.4, -0.2) is 52.1 Å². The second kappa shape index (κ2) is 12.5. The van der Waals surface area contributed by atoms with Gasteiger partial charge in [-0.05, 0) is 30.5 Å². The van der Waals surface area contributed by atoms with Gasteiger partial charge in [-0.3, -0.25) is 0 Å². The molecule has 0 spiro atoms. The molecule has 0 aliphatic carbocycles. The Labute approximate surface area is 155 Å². The first-order valence-electron chi connectivity index (χ1n) is 8.74. The van der Waals surface area contributed by atoms with Crippen molar-refractivity contribution in [3.05, 3.63) is 23.3 Å². The molecule has 148 valence electrons. The van der Waals surface area contributed by atoms with Crippen molar-refractivity contribution in [1.29, 1.82) is 0 Å². The number of rotatable bonds is 13. The van der Waals surface area contributed by atoms with E-state index in [1.165, 1.54) is 21.3 Å². The molecular weight excluding hydrogens is 340 g/mol. The number of hydrogen-bond donors (Lipinski definition) is 1. The molecule has 0 saturated heterocycles. The second-order valence-electron chi connectivity index (χ2n) is 5.91. The predicted molar refractivity (Wildman–Crippen MR) is 96.6 cm³/mol. The number of aliphatic hydroxyl groups excluding tert-OH is 1. The number of methoxy groups -OCH3 is 3. The lowest BCUT2D eigenvalue weighted by Gasteiger charge is -2.17. The van der Waals surface area contributed by atoms with Crippen LogP contribution in [0.3, 0.4) is 0 Å². The van der Waals surface area contributed by atoms with Crippen LogP contribution in [-0.2, 0) is 20.6 Å². The molecule has 7 heteroatoms. The van der Waals surface area contributed by atoms with Crippen LogP contribution in [0.5, 0.6) is 11.5 Å². The van der Waals surface area contributed by atoms with Crippen molar-refractivity contribution in [3.63, 3.8) is 0 Å². The van der Waals surface area contributed by atoms with Crippen molar-refractivity contribution >= 4 is 5.97 Å². The summed E-state index contributed by atoms with van der Waals surface area (Å²) >= 11 is 0. The van der Waals surface area contributed by atoms with Crippen LogP contribution in [0, 0.1) is 0 Å². The smallest absolute Gasteiger partial charge is 0.345 e. The summed E-state index contributed by atoms with van der Waals surface area (Å²) in [4.78, 5) is 12.2. The molecule has 1 N–H and O–H groups in total. The van der Waals surface area contributed by atoms with Gasteiger partial charge in [0.25, 0.3) is 0 Å². The fourth-order valence-corrected chi connectivity index (χ4v) is 2.54. The third-order valence-corrected chi connectivity index (χ3v) is 3.79. The molecule has 0 amide bonds. The first-order chi connectivity index (χ1) is 12.6. The van der Waals surface area contributed by atoms with E-state index >= 15 is 0 Å². The van der Waals surface area contributed by atoms with E-state index in [9.17, 15) is 9.90 Å². The highest BCUT2D eigenvalue weighted by Crippen LogP contribution is 2.32. The highest BCUT2D eigenvalue weighted by Gasteiger charge is 2.22. The summed E-state index contributed by atoms with van der Waals surface area (Å²) in [5.74, 6) is -0.0247. The minimum atomic E-state index is -0.586. The zero-order chi connectivity index (χ0) is 19.4. The third kappa shape index (κ3) is 7.19. The number of aliphatic hydroxyl groups is 1. The molecule has 26 heavy (non-hydrogen) atoms. The normalized spacial score (nSPS) is 11.9. The van der Waals surface area contributed by atoms with Gasteiger partial charge in [0.2, 0.25) is 0 Å². The molecule has 0 aliphatic heterocycles. The van der Waals surface area contributed by atoms with E-state index in [4.69, 9.17) is 23.7 Å². The van der Waals surface area contributed by atoms with Gasteiger partial charge in [0.05, 0.1) is 13.2 Å². The molecule has 0 fully saturated rings. The van der Waals surface area contributed by atoms with Crippen LogP contribution >= 0.6 is 0 Å². The van der Waals surface area contributed by atoms with E-state index in [2.05, 4.69) is 6.92 Å². The third-order valence-electron chi connectivity index (χ3n) is 3.79. The van der Waals surface area contributed by atoms with Crippen LogP contribution in [0.25, 0.3) is 0 Å². The first kappa shape index (κ1) is 22.2. The van der Waals surface area contributed by atoms with Gasteiger partial charge in [-0.15, -0.1) is 0 Å². The molecule has 7 nitrogen and oxygen atoms in total. The SMILES string of the molecule is CCCCCC(O)Cc1cc(OCOC)c(C(=O)OC)c(OCOC)c1. The minimum Gasteiger partial charge on any atom is -0.467 e. The molecule has 0 radical (unpaired) electrons. The summed E-state index contributed by atoms with van der Waals surface area (Å²) in [7, 11) is 4.26. The molecule has 0 aromatic heterocycles. The predicted octanol–water partition coefficient (Wildman–Crippen LogP) is 2.92. The summed E-state index contributed by atoms with van der Waals surface area (Å²) in [6, 6.07) is 3.40. The molecule has 0 saturated carbocycles. The summed E-state index contributed by atoms with van der Waals surface area (Å²) in [5.41, 5.74) is 0.949. The Kier molecular flexibility index (Phi) is 10.7. The van der Waals surface area contributed by atoms with Gasteiger partial charge in [-0.1, -0.05) is 26.2 Å². The largest absolute Gasteiger partial charge is 0.467 e. The number of unbranched alkanes of at least 4 members (excludes halogenated alkanes) is 2. The number of ether oxygens (including phenoxy) is 5. The van der Waals surface area contributed by atoms with Crippen LogP contribution in [0.2, 0.25) is 0 Å². The molecule has 1 aromatic carbocycles. The maximum atomic E-state index is 12.2. The van der Waals surface area contributed by atoms with Gasteiger partial charge in [-0.25, -0.2) is 4.79 Å². The van der Waals surface area contributed by atoms with Crippen LogP contribution in [0.4, 0.5) is 0 Å². The molecule has 0 aliphatic rings. The highest BCUT2D eigenvalue weighted by molar-refractivity contribution is 5.95. The van der Waals surface area contributed by atoms with E-state index in [0.717, 1.165) is 31.2 Å². The summed E-state index contributed by atoms with van der Waals surface area (Å²) in [5, 5.41) is 10.3. The number of hydrogen-bond acceptors (Lipinski definition) is 7. The molecule has 1 atom stereocenters. The van der Waals surface area contributed by atoms with Crippen LogP contribution < -0.4 is 9.47 Å². The zero-order valence-electron chi connectivity index (χ0n) is 16.1. The average Bonchev–Trinajstić information content (AvgIpc) is 2.64. The molecule has 0 heterocycles. The maximum absolute atomic E-state index is 12.2. The van der Waals surface area contributed by atoms with E-state index in [1.807, 2.05) is 0 Å². The summed E-state index contributed by atoms with van der Waals surface area (Å²) in [6.45, 7) is 2.06. The van der Waals surface area contributed by atoms with Gasteiger partial charge in [0, 0.05) is 14.2 Å². The molecule has 1 unspecified atom stereocenters. The number of carbonyl (C=O) groups is 1. The molecule has 0 bridgehead atoms. The number of esters is 1. The molecular formula is C19H30O7. The van der Waals surface area contributed by atoms with Crippen molar-refractivity contribution in [2.45, 2.75) is 45.1 Å². The van der Waals surface area contributed by atoms with E-state index in [-0.39, 0.29) is 30.6 Å². The fourth-order valence-electron chi connectivity index (χ4n) is 2.54. The van der Waals surface area contributed by atoms with Gasteiger partial charge >= 0.3 is 5.97 Å². The summed E-state index contributed by atoms with van der Waals surface area (Å²) in [6.07, 6.45) is 3.83. The molecule has 1 rings (SSSR count). The maximum Gasteiger partial charge on any atom is 0.345 e. The first-order valence-corrected chi connectivity index (χ1v) is 8.74. The van der Waals surface area contributed by atoms with E-state index in [0.29, 0.717) is 6.42 Å². The number of carbonyl (C=O) groups excluding carboxylic acids is 1. The highest BCUT2D eigenvalue weighted by atomic mass is 16.7. The van der Waals surface area contributed by atoms with Gasteiger partial charge in [0.1, 0.15) is 17.1 Å².